The molecule has 0 saturated heterocycles. The van der Waals surface area contributed by atoms with Crippen LogP contribution in [-0.2, 0) is 0 Å². The maximum Gasteiger partial charge on any atom is 0.0626 e. The molecule has 0 unspecified atom stereocenters. The molecule has 0 aromatic heterocycles. The average molecular weight is 139 g/mol. The van der Waals surface area contributed by atoms with Crippen molar-refractivity contribution in [2.24, 2.45) is 4.99 Å². The van der Waals surface area contributed by atoms with Gasteiger partial charge >= 0.3 is 0 Å². The summed E-state index contributed by atoms with van der Waals surface area (Å²) in [6.07, 6.45) is 9.26. The molecule has 56 valence electrons. The second kappa shape index (κ2) is 8.11. The lowest BCUT2D eigenvalue weighted by molar-refractivity contribution is 0.307. The molecule has 0 radical (unpaired) electrons. The molecule has 0 spiro atoms. The lowest BCUT2D eigenvalue weighted by Gasteiger charge is -1.80. The molecule has 0 saturated carbocycles. The molecule has 0 heterocycles. The predicted molar refractivity (Wildman–Crippen MR) is 44.4 cm³/mol. The second-order valence-electron chi connectivity index (χ2n) is 1.69. The van der Waals surface area contributed by atoms with Crippen molar-refractivity contribution in [1.29, 1.82) is 0 Å². The normalized spacial score (nSPS) is 12.6. The van der Waals surface area contributed by atoms with Gasteiger partial charge in [-0.15, -0.1) is 0 Å². The minimum absolute atomic E-state index is 0.119. The van der Waals surface area contributed by atoms with Crippen LogP contribution in [0.15, 0.2) is 29.3 Å². The molecule has 0 bridgehead atoms. The van der Waals surface area contributed by atoms with Gasteiger partial charge in [-0.2, -0.15) is 0 Å². The number of aliphatic hydroxyl groups is 1. The Labute approximate surface area is 61.6 Å². The minimum atomic E-state index is 0.119. The van der Waals surface area contributed by atoms with Crippen molar-refractivity contribution in [3.05, 3.63) is 24.3 Å². The molecule has 0 aliphatic heterocycles. The molecule has 10 heavy (non-hydrogen) atoms. The number of aliphatic hydroxyl groups excluding tert-OH is 1. The first-order chi connectivity index (χ1) is 4.91. The molecule has 2 nitrogen and oxygen atoms in total. The van der Waals surface area contributed by atoms with E-state index < -0.39 is 0 Å². The average Bonchev–Trinajstić information content (AvgIpc) is 1.97. The molecule has 0 aromatic carbocycles. The first-order valence-electron chi connectivity index (χ1n) is 3.30. The maximum absolute atomic E-state index is 8.32. The highest BCUT2D eigenvalue weighted by Gasteiger charge is 1.68. The van der Waals surface area contributed by atoms with E-state index in [2.05, 4.69) is 4.99 Å². The molecule has 0 fully saturated rings. The fourth-order valence-electron chi connectivity index (χ4n) is 0.418. The fraction of sp³-hybridized carbons (Fsp3) is 0.375. The lowest BCUT2D eigenvalue weighted by Crippen LogP contribution is -1.85. The third-order valence-corrected chi connectivity index (χ3v) is 0.835. The molecular formula is C8H13NO. The van der Waals surface area contributed by atoms with E-state index in [9.17, 15) is 0 Å². The van der Waals surface area contributed by atoms with E-state index in [0.717, 1.165) is 0 Å². The summed E-state index contributed by atoms with van der Waals surface area (Å²) in [5.41, 5.74) is 0. The number of hydrogen-bond acceptors (Lipinski definition) is 2. The Kier molecular flexibility index (Phi) is 7.39. The van der Waals surface area contributed by atoms with E-state index in [-0.39, 0.29) is 6.61 Å². The quantitative estimate of drug-likeness (QED) is 0.460. The maximum atomic E-state index is 8.32. The largest absolute Gasteiger partial charge is 0.394 e. The third-order valence-electron chi connectivity index (χ3n) is 0.835. The number of aliphatic imine (C=N–C) groups is 1. The lowest BCUT2D eigenvalue weighted by atomic mass is 10.4. The summed E-state index contributed by atoms with van der Waals surface area (Å²) in [6, 6.07) is 0. The summed E-state index contributed by atoms with van der Waals surface area (Å²) in [4.78, 5) is 3.87. The molecule has 0 aliphatic carbocycles. The SMILES string of the molecule is C/C=C/C=C/C=NCCO. The van der Waals surface area contributed by atoms with Gasteiger partial charge in [-0.3, -0.25) is 4.99 Å². The Morgan fingerprint density at radius 1 is 1.30 bits per heavy atom. The Hall–Kier alpha value is -0.890. The molecule has 0 aromatic rings. The summed E-state index contributed by atoms with van der Waals surface area (Å²) in [5, 5.41) is 8.32. The van der Waals surface area contributed by atoms with Crippen molar-refractivity contribution in [2.45, 2.75) is 6.92 Å². The summed E-state index contributed by atoms with van der Waals surface area (Å²) in [6.45, 7) is 2.56. The highest BCUT2D eigenvalue weighted by molar-refractivity contribution is 5.71. The number of hydrogen-bond donors (Lipinski definition) is 1. The number of rotatable bonds is 4. The van der Waals surface area contributed by atoms with Gasteiger partial charge in [0.2, 0.25) is 0 Å². The first-order valence-corrected chi connectivity index (χ1v) is 3.30. The molecule has 0 amide bonds. The first kappa shape index (κ1) is 9.11. The van der Waals surface area contributed by atoms with Crippen molar-refractivity contribution in [3.63, 3.8) is 0 Å². The Morgan fingerprint density at radius 2 is 2.10 bits per heavy atom. The van der Waals surface area contributed by atoms with Gasteiger partial charge < -0.3 is 5.11 Å². The van der Waals surface area contributed by atoms with Crippen LogP contribution < -0.4 is 0 Å². The molecular weight excluding hydrogens is 126 g/mol. The van der Waals surface area contributed by atoms with E-state index >= 15 is 0 Å². The van der Waals surface area contributed by atoms with Crippen LogP contribution in [0.4, 0.5) is 0 Å². The van der Waals surface area contributed by atoms with Crippen molar-refractivity contribution >= 4 is 6.21 Å². The van der Waals surface area contributed by atoms with Crippen LogP contribution in [0, 0.1) is 0 Å². The third kappa shape index (κ3) is 7.11. The minimum Gasteiger partial charge on any atom is -0.394 e. The van der Waals surface area contributed by atoms with Crippen LogP contribution >= 0.6 is 0 Å². The van der Waals surface area contributed by atoms with E-state index in [1.54, 1.807) is 6.21 Å². The van der Waals surface area contributed by atoms with Crippen LogP contribution in [0.1, 0.15) is 6.92 Å². The summed E-state index contributed by atoms with van der Waals surface area (Å²) in [7, 11) is 0. The Morgan fingerprint density at radius 3 is 2.70 bits per heavy atom. The summed E-state index contributed by atoms with van der Waals surface area (Å²) in [5.74, 6) is 0. The summed E-state index contributed by atoms with van der Waals surface area (Å²) < 4.78 is 0. The van der Waals surface area contributed by atoms with E-state index in [1.165, 1.54) is 0 Å². The van der Waals surface area contributed by atoms with Gasteiger partial charge in [0.05, 0.1) is 13.2 Å². The molecule has 1 N–H and O–H groups in total. The smallest absolute Gasteiger partial charge is 0.0626 e. The van der Waals surface area contributed by atoms with Crippen LogP contribution in [0.3, 0.4) is 0 Å². The highest BCUT2D eigenvalue weighted by atomic mass is 16.3. The van der Waals surface area contributed by atoms with E-state index in [1.807, 2.05) is 31.2 Å². The highest BCUT2D eigenvalue weighted by Crippen LogP contribution is 1.73. The monoisotopic (exact) mass is 139 g/mol. The van der Waals surface area contributed by atoms with Crippen LogP contribution in [0.25, 0.3) is 0 Å². The van der Waals surface area contributed by atoms with Crippen molar-refractivity contribution < 1.29 is 5.11 Å². The number of nitrogens with zero attached hydrogens (tertiary/aromatic N) is 1. The van der Waals surface area contributed by atoms with E-state index in [4.69, 9.17) is 5.11 Å². The van der Waals surface area contributed by atoms with Crippen molar-refractivity contribution in [3.8, 4) is 0 Å². The fourth-order valence-corrected chi connectivity index (χ4v) is 0.418. The van der Waals surface area contributed by atoms with E-state index in [0.29, 0.717) is 6.54 Å². The number of allylic oxidation sites excluding steroid dienone is 4. The molecule has 0 atom stereocenters. The molecule has 2 heteroatoms. The standard InChI is InChI=1S/C8H13NO/c1-2-3-4-5-6-9-7-8-10/h2-6,10H,7-8H2,1H3/b3-2+,5-4+,9-6?. The van der Waals surface area contributed by atoms with Crippen LogP contribution in [0.5, 0.6) is 0 Å². The molecule has 0 rings (SSSR count). The van der Waals surface area contributed by atoms with Gasteiger partial charge in [0.25, 0.3) is 0 Å². The zero-order chi connectivity index (χ0) is 7.66. The zero-order valence-corrected chi connectivity index (χ0v) is 6.20. The van der Waals surface area contributed by atoms with Gasteiger partial charge in [-0.25, -0.2) is 0 Å². The topological polar surface area (TPSA) is 32.6 Å². The summed E-state index contributed by atoms with van der Waals surface area (Å²) >= 11 is 0. The van der Waals surface area contributed by atoms with Gasteiger partial charge in [0.15, 0.2) is 0 Å². The van der Waals surface area contributed by atoms with Gasteiger partial charge in [-0.1, -0.05) is 18.2 Å². The van der Waals surface area contributed by atoms with Gasteiger partial charge in [0.1, 0.15) is 0 Å². The predicted octanol–water partition coefficient (Wildman–Crippen LogP) is 1.18. The zero-order valence-electron chi connectivity index (χ0n) is 6.20. The Bertz CT molecular complexity index is 136. The van der Waals surface area contributed by atoms with Crippen molar-refractivity contribution in [2.75, 3.05) is 13.2 Å². The van der Waals surface area contributed by atoms with Gasteiger partial charge in [0, 0.05) is 6.21 Å². The molecule has 0 aliphatic rings. The van der Waals surface area contributed by atoms with Crippen molar-refractivity contribution in [1.82, 2.24) is 0 Å². The Balaban J connectivity index is 3.32. The van der Waals surface area contributed by atoms with Crippen LogP contribution in [-0.4, -0.2) is 24.5 Å². The van der Waals surface area contributed by atoms with Gasteiger partial charge in [-0.05, 0) is 13.0 Å². The second-order valence-corrected chi connectivity index (χ2v) is 1.69. The van der Waals surface area contributed by atoms with Crippen LogP contribution in [0.2, 0.25) is 0 Å².